The standard InChI is InChI=1S/C18H24N4O3/c1-4-19-16(23)11-22(5-2)12-17(24)20-18-10-15(21-25-18)14-8-6-13(3)7-9-14/h6-10H,4-5,11-12H2,1-3H3,(H,19,23)(H,20,24)/p+1. The fourth-order valence-corrected chi connectivity index (χ4v) is 2.40. The summed E-state index contributed by atoms with van der Waals surface area (Å²) in [5, 5.41) is 9.41. The minimum absolute atomic E-state index is 0.0616. The van der Waals surface area contributed by atoms with Crippen LogP contribution in [0.5, 0.6) is 0 Å². The Kier molecular flexibility index (Phi) is 6.71. The van der Waals surface area contributed by atoms with Crippen molar-refractivity contribution >= 4 is 17.7 Å². The second-order valence-corrected chi connectivity index (χ2v) is 5.90. The van der Waals surface area contributed by atoms with E-state index in [0.717, 1.165) is 16.0 Å². The van der Waals surface area contributed by atoms with Crippen molar-refractivity contribution in [2.45, 2.75) is 20.8 Å². The second-order valence-electron chi connectivity index (χ2n) is 5.90. The molecule has 0 fully saturated rings. The molecule has 134 valence electrons. The average molecular weight is 345 g/mol. The Labute approximate surface area is 147 Å². The minimum Gasteiger partial charge on any atom is -0.351 e. The number of aromatic nitrogens is 1. The maximum atomic E-state index is 12.2. The number of hydrogen-bond acceptors (Lipinski definition) is 4. The van der Waals surface area contributed by atoms with E-state index in [9.17, 15) is 9.59 Å². The molecular formula is C18H25N4O3+. The van der Waals surface area contributed by atoms with Crippen LogP contribution in [-0.2, 0) is 9.59 Å². The predicted octanol–water partition coefficient (Wildman–Crippen LogP) is 0.629. The van der Waals surface area contributed by atoms with Crippen molar-refractivity contribution in [3.8, 4) is 11.3 Å². The average Bonchev–Trinajstić information content (AvgIpc) is 3.03. The van der Waals surface area contributed by atoms with E-state index in [1.54, 1.807) is 6.07 Å². The first-order valence-corrected chi connectivity index (χ1v) is 8.45. The van der Waals surface area contributed by atoms with Gasteiger partial charge in [-0.1, -0.05) is 35.0 Å². The Balaban J connectivity index is 1.92. The van der Waals surface area contributed by atoms with E-state index in [1.807, 2.05) is 45.0 Å². The molecule has 0 radical (unpaired) electrons. The Morgan fingerprint density at radius 1 is 1.12 bits per heavy atom. The van der Waals surface area contributed by atoms with Crippen molar-refractivity contribution < 1.29 is 19.0 Å². The summed E-state index contributed by atoms with van der Waals surface area (Å²) >= 11 is 0. The molecule has 0 spiro atoms. The summed E-state index contributed by atoms with van der Waals surface area (Å²) in [6.07, 6.45) is 0. The van der Waals surface area contributed by atoms with Gasteiger partial charge in [-0.15, -0.1) is 0 Å². The molecule has 7 heteroatoms. The minimum atomic E-state index is -0.215. The van der Waals surface area contributed by atoms with E-state index in [0.29, 0.717) is 24.7 Å². The zero-order valence-corrected chi connectivity index (χ0v) is 14.9. The fraction of sp³-hybridized carbons (Fsp3) is 0.389. The third-order valence-electron chi connectivity index (χ3n) is 3.82. The van der Waals surface area contributed by atoms with Gasteiger partial charge < -0.3 is 14.7 Å². The quantitative estimate of drug-likeness (QED) is 0.655. The number of anilines is 1. The number of likely N-dealkylation sites (N-methyl/N-ethyl adjacent to an activating group) is 2. The van der Waals surface area contributed by atoms with Gasteiger partial charge in [0.1, 0.15) is 5.69 Å². The Bertz CT molecular complexity index is 709. The predicted molar refractivity (Wildman–Crippen MR) is 95.2 cm³/mol. The van der Waals surface area contributed by atoms with Crippen LogP contribution in [0.2, 0.25) is 0 Å². The molecule has 2 amide bonds. The molecule has 1 unspecified atom stereocenters. The molecule has 0 bridgehead atoms. The number of amides is 2. The van der Waals surface area contributed by atoms with Gasteiger partial charge in [-0.2, -0.15) is 0 Å². The molecule has 0 aliphatic carbocycles. The lowest BCUT2D eigenvalue weighted by atomic mass is 10.1. The molecule has 25 heavy (non-hydrogen) atoms. The lowest BCUT2D eigenvalue weighted by Gasteiger charge is -2.15. The van der Waals surface area contributed by atoms with E-state index < -0.39 is 0 Å². The molecular weight excluding hydrogens is 320 g/mol. The molecule has 1 heterocycles. The molecule has 1 aromatic heterocycles. The smallest absolute Gasteiger partial charge is 0.281 e. The lowest BCUT2D eigenvalue weighted by Crippen LogP contribution is -3.14. The van der Waals surface area contributed by atoms with Crippen LogP contribution in [0.25, 0.3) is 11.3 Å². The number of carbonyl (C=O) groups excluding carboxylic acids is 2. The molecule has 1 atom stereocenters. The third-order valence-corrected chi connectivity index (χ3v) is 3.82. The normalized spacial score (nSPS) is 11.8. The molecule has 0 saturated heterocycles. The first-order valence-electron chi connectivity index (χ1n) is 8.45. The maximum Gasteiger partial charge on any atom is 0.281 e. The van der Waals surface area contributed by atoms with Crippen molar-refractivity contribution in [3.05, 3.63) is 35.9 Å². The van der Waals surface area contributed by atoms with E-state index in [-0.39, 0.29) is 24.9 Å². The van der Waals surface area contributed by atoms with Gasteiger partial charge in [-0.3, -0.25) is 14.9 Å². The van der Waals surface area contributed by atoms with E-state index in [4.69, 9.17) is 4.52 Å². The summed E-state index contributed by atoms with van der Waals surface area (Å²) in [5.74, 6) is 0.0234. The van der Waals surface area contributed by atoms with Crippen molar-refractivity contribution in [2.24, 2.45) is 0 Å². The van der Waals surface area contributed by atoms with Crippen LogP contribution < -0.4 is 15.5 Å². The Morgan fingerprint density at radius 2 is 1.80 bits per heavy atom. The Morgan fingerprint density at radius 3 is 2.44 bits per heavy atom. The van der Waals surface area contributed by atoms with Crippen molar-refractivity contribution in [3.63, 3.8) is 0 Å². The molecule has 7 nitrogen and oxygen atoms in total. The number of benzene rings is 1. The maximum absolute atomic E-state index is 12.2. The zero-order chi connectivity index (χ0) is 18.2. The van der Waals surface area contributed by atoms with Crippen LogP contribution in [0.4, 0.5) is 5.88 Å². The van der Waals surface area contributed by atoms with Crippen LogP contribution in [-0.4, -0.2) is 43.2 Å². The number of aryl methyl sites for hydroxylation is 1. The number of nitrogens with one attached hydrogen (secondary N) is 3. The van der Waals surface area contributed by atoms with Crippen molar-refractivity contribution in [1.29, 1.82) is 0 Å². The highest BCUT2D eigenvalue weighted by Gasteiger charge is 2.17. The van der Waals surface area contributed by atoms with Crippen LogP contribution >= 0.6 is 0 Å². The molecule has 3 N–H and O–H groups in total. The monoisotopic (exact) mass is 345 g/mol. The molecule has 0 aliphatic heterocycles. The highest BCUT2D eigenvalue weighted by molar-refractivity contribution is 5.90. The Hall–Kier alpha value is -2.67. The highest BCUT2D eigenvalue weighted by atomic mass is 16.5. The van der Waals surface area contributed by atoms with Gasteiger partial charge in [0.15, 0.2) is 13.1 Å². The SMILES string of the molecule is CCNC(=O)C[NH+](CC)CC(=O)Nc1cc(-c2ccc(C)cc2)no1. The van der Waals surface area contributed by atoms with Crippen molar-refractivity contribution in [1.82, 2.24) is 10.5 Å². The summed E-state index contributed by atoms with van der Waals surface area (Å²) in [4.78, 5) is 24.7. The van der Waals surface area contributed by atoms with Gasteiger partial charge in [0.25, 0.3) is 11.8 Å². The topological polar surface area (TPSA) is 88.7 Å². The van der Waals surface area contributed by atoms with Crippen molar-refractivity contribution in [2.75, 3.05) is 31.5 Å². The summed E-state index contributed by atoms with van der Waals surface area (Å²) in [5.41, 5.74) is 2.75. The van der Waals surface area contributed by atoms with Gasteiger partial charge in [0, 0.05) is 18.2 Å². The zero-order valence-electron chi connectivity index (χ0n) is 14.9. The summed E-state index contributed by atoms with van der Waals surface area (Å²) in [7, 11) is 0. The van der Waals surface area contributed by atoms with Gasteiger partial charge in [0.05, 0.1) is 6.54 Å². The van der Waals surface area contributed by atoms with E-state index in [2.05, 4.69) is 15.8 Å². The first kappa shape index (κ1) is 18.7. The largest absolute Gasteiger partial charge is 0.351 e. The number of quaternary nitrogens is 1. The number of nitrogens with zero attached hydrogens (tertiary/aromatic N) is 1. The van der Waals surface area contributed by atoms with Gasteiger partial charge in [-0.05, 0) is 20.8 Å². The molecule has 2 rings (SSSR count). The molecule has 0 saturated carbocycles. The van der Waals surface area contributed by atoms with Crippen LogP contribution in [0.3, 0.4) is 0 Å². The van der Waals surface area contributed by atoms with E-state index >= 15 is 0 Å². The van der Waals surface area contributed by atoms with Crippen LogP contribution in [0.15, 0.2) is 34.9 Å². The van der Waals surface area contributed by atoms with Crippen LogP contribution in [0, 0.1) is 6.92 Å². The fourth-order valence-electron chi connectivity index (χ4n) is 2.40. The second kappa shape index (κ2) is 8.98. The lowest BCUT2D eigenvalue weighted by molar-refractivity contribution is -0.881. The van der Waals surface area contributed by atoms with E-state index in [1.165, 1.54) is 0 Å². The van der Waals surface area contributed by atoms with Gasteiger partial charge in [0.2, 0.25) is 5.88 Å². The molecule has 0 aliphatic rings. The number of carbonyl (C=O) groups is 2. The highest BCUT2D eigenvalue weighted by Crippen LogP contribution is 2.21. The molecule has 2 aromatic rings. The third kappa shape index (κ3) is 5.72. The van der Waals surface area contributed by atoms with Crippen LogP contribution in [0.1, 0.15) is 19.4 Å². The first-order chi connectivity index (χ1) is 12.0. The number of rotatable bonds is 8. The molecule has 1 aromatic carbocycles. The summed E-state index contributed by atoms with van der Waals surface area (Å²) in [6.45, 7) is 7.53. The van der Waals surface area contributed by atoms with Gasteiger partial charge >= 0.3 is 0 Å². The van der Waals surface area contributed by atoms with Gasteiger partial charge in [-0.25, -0.2) is 0 Å². The summed E-state index contributed by atoms with van der Waals surface area (Å²) in [6, 6.07) is 9.58. The summed E-state index contributed by atoms with van der Waals surface area (Å²) < 4.78 is 5.18. The number of hydrogen-bond donors (Lipinski definition) is 3.